The Morgan fingerprint density at radius 3 is 3.00 bits per heavy atom. The highest BCUT2D eigenvalue weighted by atomic mass is 35.5. The van der Waals surface area contributed by atoms with Gasteiger partial charge in [0.15, 0.2) is 0 Å². The van der Waals surface area contributed by atoms with E-state index in [1.165, 1.54) is 0 Å². The highest BCUT2D eigenvalue weighted by molar-refractivity contribution is 6.32. The van der Waals surface area contributed by atoms with E-state index in [0.29, 0.717) is 10.8 Å². The van der Waals surface area contributed by atoms with Gasteiger partial charge in [0.2, 0.25) is 0 Å². The van der Waals surface area contributed by atoms with E-state index in [-0.39, 0.29) is 6.10 Å². The maximum absolute atomic E-state index is 6.03. The first-order valence-corrected chi connectivity index (χ1v) is 4.83. The van der Waals surface area contributed by atoms with Crippen LogP contribution in [0, 0.1) is 0 Å². The standard InChI is InChI=1S/C10H11ClN2O/c1-7(2)14-9-5-10-12-3-4-13(10)6-8(9)11/h3-7H,1-2H3. The molecule has 14 heavy (non-hydrogen) atoms. The Kier molecular flexibility index (Phi) is 2.33. The van der Waals surface area contributed by atoms with Gasteiger partial charge in [-0.3, -0.25) is 0 Å². The van der Waals surface area contributed by atoms with Crippen LogP contribution in [-0.4, -0.2) is 15.5 Å². The van der Waals surface area contributed by atoms with Crippen LogP contribution < -0.4 is 4.74 Å². The van der Waals surface area contributed by atoms with Gasteiger partial charge in [0.25, 0.3) is 0 Å². The second-order valence-corrected chi connectivity index (χ2v) is 3.75. The second kappa shape index (κ2) is 3.50. The molecule has 2 aromatic rings. The summed E-state index contributed by atoms with van der Waals surface area (Å²) >= 11 is 6.03. The fourth-order valence-corrected chi connectivity index (χ4v) is 1.47. The van der Waals surface area contributed by atoms with Gasteiger partial charge in [-0.25, -0.2) is 4.98 Å². The van der Waals surface area contributed by atoms with Crippen molar-refractivity contribution in [1.82, 2.24) is 9.38 Å². The number of hydrogen-bond donors (Lipinski definition) is 0. The smallest absolute Gasteiger partial charge is 0.143 e. The number of pyridine rings is 1. The van der Waals surface area contributed by atoms with E-state index in [4.69, 9.17) is 16.3 Å². The van der Waals surface area contributed by atoms with Gasteiger partial charge in [-0.2, -0.15) is 0 Å². The summed E-state index contributed by atoms with van der Waals surface area (Å²) in [6.07, 6.45) is 5.48. The van der Waals surface area contributed by atoms with E-state index in [0.717, 1.165) is 5.65 Å². The van der Waals surface area contributed by atoms with Crippen LogP contribution in [0.5, 0.6) is 5.75 Å². The molecule has 0 aliphatic heterocycles. The van der Waals surface area contributed by atoms with Crippen LogP contribution in [0.25, 0.3) is 5.65 Å². The van der Waals surface area contributed by atoms with E-state index in [1.54, 1.807) is 12.4 Å². The van der Waals surface area contributed by atoms with Crippen molar-refractivity contribution < 1.29 is 4.74 Å². The number of aromatic nitrogens is 2. The zero-order valence-corrected chi connectivity index (χ0v) is 8.82. The zero-order chi connectivity index (χ0) is 10.1. The largest absolute Gasteiger partial charge is 0.489 e. The molecular weight excluding hydrogens is 200 g/mol. The van der Waals surface area contributed by atoms with Crippen LogP contribution in [0.4, 0.5) is 0 Å². The summed E-state index contributed by atoms with van der Waals surface area (Å²) in [6, 6.07) is 1.84. The number of rotatable bonds is 2. The quantitative estimate of drug-likeness (QED) is 0.762. The average molecular weight is 211 g/mol. The van der Waals surface area contributed by atoms with Gasteiger partial charge in [0, 0.05) is 24.7 Å². The molecule has 0 bridgehead atoms. The molecule has 3 nitrogen and oxygen atoms in total. The van der Waals surface area contributed by atoms with Crippen LogP contribution in [0.1, 0.15) is 13.8 Å². The Balaban J connectivity index is 2.48. The Morgan fingerprint density at radius 2 is 2.29 bits per heavy atom. The second-order valence-electron chi connectivity index (χ2n) is 3.34. The van der Waals surface area contributed by atoms with Crippen molar-refractivity contribution in [3.05, 3.63) is 29.7 Å². The van der Waals surface area contributed by atoms with Crippen LogP contribution in [0.2, 0.25) is 5.02 Å². The summed E-state index contributed by atoms with van der Waals surface area (Å²) < 4.78 is 7.39. The molecule has 0 N–H and O–H groups in total. The third-order valence-electron chi connectivity index (χ3n) is 1.81. The van der Waals surface area contributed by atoms with Crippen LogP contribution >= 0.6 is 11.6 Å². The normalized spacial score (nSPS) is 11.1. The van der Waals surface area contributed by atoms with Gasteiger partial charge in [0.1, 0.15) is 11.4 Å². The van der Waals surface area contributed by atoms with Crippen molar-refractivity contribution in [2.45, 2.75) is 20.0 Å². The van der Waals surface area contributed by atoms with E-state index in [2.05, 4.69) is 4.98 Å². The summed E-state index contributed by atoms with van der Waals surface area (Å²) in [5, 5.41) is 0.601. The first kappa shape index (κ1) is 9.34. The lowest BCUT2D eigenvalue weighted by atomic mass is 10.4. The number of hydrogen-bond acceptors (Lipinski definition) is 2. The predicted molar refractivity (Wildman–Crippen MR) is 56.0 cm³/mol. The third-order valence-corrected chi connectivity index (χ3v) is 2.09. The van der Waals surface area contributed by atoms with Gasteiger partial charge < -0.3 is 9.14 Å². The molecule has 0 spiro atoms. The van der Waals surface area contributed by atoms with E-state index in [1.807, 2.05) is 30.5 Å². The molecule has 0 aliphatic rings. The number of imidazole rings is 1. The van der Waals surface area contributed by atoms with Crippen molar-refractivity contribution in [2.75, 3.05) is 0 Å². The zero-order valence-electron chi connectivity index (χ0n) is 8.07. The van der Waals surface area contributed by atoms with Gasteiger partial charge in [0.05, 0.1) is 11.1 Å². The van der Waals surface area contributed by atoms with Crippen LogP contribution in [0.15, 0.2) is 24.7 Å². The minimum Gasteiger partial charge on any atom is -0.489 e. The number of nitrogens with zero attached hydrogens (tertiary/aromatic N) is 2. The van der Waals surface area contributed by atoms with Crippen molar-refractivity contribution >= 4 is 17.2 Å². The lowest BCUT2D eigenvalue weighted by molar-refractivity contribution is 0.242. The summed E-state index contributed by atoms with van der Waals surface area (Å²) in [6.45, 7) is 3.93. The van der Waals surface area contributed by atoms with Crippen molar-refractivity contribution in [3.63, 3.8) is 0 Å². The maximum atomic E-state index is 6.03. The third kappa shape index (κ3) is 1.68. The van der Waals surface area contributed by atoms with Crippen LogP contribution in [-0.2, 0) is 0 Å². The Hall–Kier alpha value is -1.22. The molecule has 2 aromatic heterocycles. The highest BCUT2D eigenvalue weighted by Gasteiger charge is 2.06. The lowest BCUT2D eigenvalue weighted by Gasteiger charge is -2.11. The minimum absolute atomic E-state index is 0.116. The molecule has 0 unspecified atom stereocenters. The molecule has 0 aliphatic carbocycles. The predicted octanol–water partition coefficient (Wildman–Crippen LogP) is 2.77. The number of fused-ring (bicyclic) bond motifs is 1. The molecule has 0 atom stereocenters. The minimum atomic E-state index is 0.116. The van der Waals surface area contributed by atoms with Gasteiger partial charge in [-0.1, -0.05) is 11.6 Å². The summed E-state index contributed by atoms with van der Waals surface area (Å²) in [7, 11) is 0. The average Bonchev–Trinajstić information content (AvgIpc) is 2.51. The van der Waals surface area contributed by atoms with Crippen molar-refractivity contribution in [3.8, 4) is 5.75 Å². The molecule has 0 fully saturated rings. The monoisotopic (exact) mass is 210 g/mol. The maximum Gasteiger partial charge on any atom is 0.143 e. The van der Waals surface area contributed by atoms with Crippen molar-refractivity contribution in [1.29, 1.82) is 0 Å². The number of halogens is 1. The Bertz CT molecular complexity index is 450. The summed E-state index contributed by atoms with van der Waals surface area (Å²) in [5.41, 5.74) is 0.838. The molecule has 0 radical (unpaired) electrons. The fraction of sp³-hybridized carbons (Fsp3) is 0.300. The van der Waals surface area contributed by atoms with E-state index >= 15 is 0 Å². The molecule has 2 heterocycles. The van der Waals surface area contributed by atoms with E-state index < -0.39 is 0 Å². The molecule has 2 rings (SSSR count). The molecular formula is C10H11ClN2O. The number of ether oxygens (including phenoxy) is 1. The molecule has 0 amide bonds. The lowest BCUT2D eigenvalue weighted by Crippen LogP contribution is -2.06. The molecule has 74 valence electrons. The van der Waals surface area contributed by atoms with Gasteiger partial charge in [-0.15, -0.1) is 0 Å². The summed E-state index contributed by atoms with van der Waals surface area (Å²) in [5.74, 6) is 0.681. The molecule has 4 heteroatoms. The molecule has 0 saturated heterocycles. The van der Waals surface area contributed by atoms with E-state index in [9.17, 15) is 0 Å². The summed E-state index contributed by atoms with van der Waals surface area (Å²) in [4.78, 5) is 4.15. The van der Waals surface area contributed by atoms with Gasteiger partial charge in [-0.05, 0) is 13.8 Å². The van der Waals surface area contributed by atoms with Crippen molar-refractivity contribution in [2.24, 2.45) is 0 Å². The Morgan fingerprint density at radius 1 is 1.50 bits per heavy atom. The van der Waals surface area contributed by atoms with Crippen LogP contribution in [0.3, 0.4) is 0 Å². The SMILES string of the molecule is CC(C)Oc1cc2nccn2cc1Cl. The molecule has 0 saturated carbocycles. The first-order chi connectivity index (χ1) is 6.66. The Labute approximate surface area is 87.3 Å². The topological polar surface area (TPSA) is 26.5 Å². The first-order valence-electron chi connectivity index (χ1n) is 4.45. The fourth-order valence-electron chi connectivity index (χ4n) is 1.26. The highest BCUT2D eigenvalue weighted by Crippen LogP contribution is 2.26. The molecule has 0 aromatic carbocycles. The van der Waals surface area contributed by atoms with Gasteiger partial charge >= 0.3 is 0 Å².